The SMILES string of the molecule is N#Cc1c(N)sc2c(F)ccc(-c3c(Cl)c4c5c(nc(OC[C@@]67CCCN6C[C@H](F)C7)nc5c3F)N(CC(F)F)[C@@H](C3CCC3)CO4)c12. The minimum Gasteiger partial charge on any atom is -0.489 e. The quantitative estimate of drug-likeness (QED) is 0.198. The van der Waals surface area contributed by atoms with Crippen LogP contribution >= 0.6 is 22.9 Å². The van der Waals surface area contributed by atoms with Gasteiger partial charge in [0.1, 0.15) is 47.6 Å². The Labute approximate surface area is 281 Å². The number of anilines is 2. The van der Waals surface area contributed by atoms with Gasteiger partial charge in [-0.15, -0.1) is 11.3 Å². The van der Waals surface area contributed by atoms with Crippen LogP contribution in [0.4, 0.5) is 32.8 Å². The van der Waals surface area contributed by atoms with Gasteiger partial charge in [-0.1, -0.05) is 24.1 Å². The molecular formula is C33H30ClF5N6O2S. The van der Waals surface area contributed by atoms with E-state index in [9.17, 15) is 22.8 Å². The summed E-state index contributed by atoms with van der Waals surface area (Å²) >= 11 is 7.83. The Kier molecular flexibility index (Phi) is 7.72. The minimum absolute atomic E-state index is 0.00404. The molecule has 4 aliphatic rings. The zero-order valence-electron chi connectivity index (χ0n) is 25.5. The fraction of sp³-hybridized carbons (Fsp3) is 0.485. The van der Waals surface area contributed by atoms with Crippen molar-refractivity contribution in [2.75, 3.05) is 43.5 Å². The van der Waals surface area contributed by atoms with Crippen LogP contribution in [0.3, 0.4) is 0 Å². The van der Waals surface area contributed by atoms with E-state index in [2.05, 4.69) is 9.97 Å². The van der Waals surface area contributed by atoms with Gasteiger partial charge < -0.3 is 20.1 Å². The average molecular weight is 705 g/mol. The number of nitrogen functional groups attached to an aromatic ring is 1. The number of rotatable bonds is 7. The number of nitriles is 1. The molecule has 5 heterocycles. The number of nitrogens with two attached hydrogens (primary N) is 1. The number of hydrogen-bond acceptors (Lipinski definition) is 9. The van der Waals surface area contributed by atoms with Crippen molar-refractivity contribution in [2.45, 2.75) is 62.7 Å². The Morgan fingerprint density at radius 2 is 2.02 bits per heavy atom. The number of aromatic nitrogens is 2. The predicted octanol–water partition coefficient (Wildman–Crippen LogP) is 7.48. The maximum atomic E-state index is 17.1. The van der Waals surface area contributed by atoms with Gasteiger partial charge in [0.15, 0.2) is 11.6 Å². The molecule has 0 bridgehead atoms. The largest absolute Gasteiger partial charge is 0.489 e. The fourth-order valence-corrected chi connectivity index (χ4v) is 9.32. The molecule has 0 unspecified atom stereocenters. The van der Waals surface area contributed by atoms with Crippen molar-refractivity contribution in [3.63, 3.8) is 0 Å². The van der Waals surface area contributed by atoms with E-state index >= 15 is 4.39 Å². The second-order valence-electron chi connectivity index (χ2n) is 13.1. The van der Waals surface area contributed by atoms with Crippen LogP contribution in [0.25, 0.3) is 32.1 Å². The van der Waals surface area contributed by atoms with Crippen LogP contribution in [0, 0.1) is 28.9 Å². The van der Waals surface area contributed by atoms with Crippen molar-refractivity contribution in [2.24, 2.45) is 5.92 Å². The van der Waals surface area contributed by atoms with E-state index in [1.807, 2.05) is 11.0 Å². The zero-order chi connectivity index (χ0) is 33.5. The molecule has 2 N–H and O–H groups in total. The second kappa shape index (κ2) is 11.7. The van der Waals surface area contributed by atoms with Gasteiger partial charge in [-0.05, 0) is 49.8 Å². The molecule has 48 heavy (non-hydrogen) atoms. The molecule has 2 saturated heterocycles. The molecule has 3 atom stereocenters. The molecule has 0 spiro atoms. The van der Waals surface area contributed by atoms with E-state index < -0.39 is 42.4 Å². The van der Waals surface area contributed by atoms with Gasteiger partial charge in [0, 0.05) is 23.9 Å². The van der Waals surface area contributed by atoms with Crippen LogP contribution in [-0.4, -0.2) is 71.9 Å². The monoisotopic (exact) mass is 704 g/mol. The molecule has 0 radical (unpaired) electrons. The first-order valence-corrected chi connectivity index (χ1v) is 17.1. The number of benzene rings is 2. The number of ether oxygens (including phenoxy) is 2. The van der Waals surface area contributed by atoms with Gasteiger partial charge in [-0.2, -0.15) is 15.2 Å². The van der Waals surface area contributed by atoms with Gasteiger partial charge >= 0.3 is 6.01 Å². The molecule has 0 amide bonds. The van der Waals surface area contributed by atoms with Crippen molar-refractivity contribution in [1.82, 2.24) is 14.9 Å². The van der Waals surface area contributed by atoms with E-state index in [0.717, 1.165) is 49.6 Å². The molecule has 8 rings (SSSR count). The van der Waals surface area contributed by atoms with Crippen LogP contribution in [-0.2, 0) is 0 Å². The van der Waals surface area contributed by atoms with Gasteiger partial charge in [0.25, 0.3) is 6.43 Å². The highest BCUT2D eigenvalue weighted by Gasteiger charge is 2.49. The Balaban J connectivity index is 1.36. The summed E-state index contributed by atoms with van der Waals surface area (Å²) in [6, 6.07) is 3.65. The first-order valence-electron chi connectivity index (χ1n) is 15.9. The minimum atomic E-state index is -2.75. The summed E-state index contributed by atoms with van der Waals surface area (Å²) in [6.07, 6.45) is 0.591. The standard InChI is InChI=1S/C33H30ClF5N6O2S/c34-25-23(17-5-6-19(36)29-22(17)18(10-40)30(41)48-29)26(39)27-24-28(25)46-13-20(15-3-1-4-15)45(12-21(37)38)31(24)43-32(42-27)47-14-33-7-2-8-44(33)11-16(35)9-33/h5-6,15-16,20-21H,1-4,7-9,11-14,41H2/t16-,20-,33+/m1/s1. The molecule has 3 aliphatic heterocycles. The number of thiophene rings is 1. The molecule has 8 nitrogen and oxygen atoms in total. The molecule has 1 saturated carbocycles. The van der Waals surface area contributed by atoms with E-state index in [1.165, 1.54) is 11.0 Å². The van der Waals surface area contributed by atoms with Crippen molar-refractivity contribution in [3.05, 3.63) is 34.4 Å². The molecule has 4 aromatic rings. The molecular weight excluding hydrogens is 675 g/mol. The summed E-state index contributed by atoms with van der Waals surface area (Å²) in [5.41, 5.74) is 5.04. The van der Waals surface area contributed by atoms with E-state index in [4.69, 9.17) is 26.8 Å². The van der Waals surface area contributed by atoms with Gasteiger partial charge in [-0.25, -0.2) is 22.0 Å². The Bertz CT molecular complexity index is 2000. The third kappa shape index (κ3) is 4.83. The summed E-state index contributed by atoms with van der Waals surface area (Å²) in [6.45, 7) is 0.311. The van der Waals surface area contributed by atoms with Gasteiger partial charge in [0.2, 0.25) is 0 Å². The summed E-state index contributed by atoms with van der Waals surface area (Å²) < 4.78 is 87.6. The Hall–Kier alpha value is -3.67. The van der Waals surface area contributed by atoms with Crippen LogP contribution in [0.1, 0.15) is 44.1 Å². The van der Waals surface area contributed by atoms with E-state index in [0.29, 0.717) is 13.0 Å². The normalized spacial score (nSPS) is 24.2. The van der Waals surface area contributed by atoms with Crippen LogP contribution in [0.5, 0.6) is 11.8 Å². The van der Waals surface area contributed by atoms with Crippen molar-refractivity contribution < 1.29 is 31.4 Å². The lowest BCUT2D eigenvalue weighted by molar-refractivity contribution is 0.107. The molecule has 2 aromatic carbocycles. The number of hydrogen-bond donors (Lipinski definition) is 1. The van der Waals surface area contributed by atoms with Crippen molar-refractivity contribution >= 4 is 54.7 Å². The highest BCUT2D eigenvalue weighted by Crippen LogP contribution is 2.52. The molecule has 3 fully saturated rings. The maximum Gasteiger partial charge on any atom is 0.319 e. The summed E-state index contributed by atoms with van der Waals surface area (Å²) in [5.74, 6) is -1.59. The zero-order valence-corrected chi connectivity index (χ0v) is 27.1. The lowest BCUT2D eigenvalue weighted by atomic mass is 9.79. The topological polar surface area (TPSA) is 101 Å². The Morgan fingerprint density at radius 1 is 1.21 bits per heavy atom. The first-order chi connectivity index (χ1) is 23.1. The van der Waals surface area contributed by atoms with Gasteiger partial charge in [-0.3, -0.25) is 4.90 Å². The average Bonchev–Trinajstić information content (AvgIpc) is 3.64. The lowest BCUT2D eigenvalue weighted by Crippen LogP contribution is -2.48. The third-order valence-electron chi connectivity index (χ3n) is 10.5. The number of nitrogens with zero attached hydrogens (tertiary/aromatic N) is 5. The molecule has 1 aliphatic carbocycles. The number of fused-ring (bicyclic) bond motifs is 2. The summed E-state index contributed by atoms with van der Waals surface area (Å²) in [7, 11) is 0. The second-order valence-corrected chi connectivity index (χ2v) is 14.5. The van der Waals surface area contributed by atoms with Gasteiger partial charge in [0.05, 0.1) is 38.8 Å². The van der Waals surface area contributed by atoms with Crippen molar-refractivity contribution in [1.29, 1.82) is 5.26 Å². The number of halogens is 6. The fourth-order valence-electron chi connectivity index (χ4n) is 8.04. The number of alkyl halides is 3. The van der Waals surface area contributed by atoms with Crippen molar-refractivity contribution in [3.8, 4) is 29.0 Å². The van der Waals surface area contributed by atoms with E-state index in [1.54, 1.807) is 0 Å². The molecule has 2 aromatic heterocycles. The first kappa shape index (κ1) is 31.6. The third-order valence-corrected chi connectivity index (χ3v) is 11.9. The smallest absolute Gasteiger partial charge is 0.319 e. The van der Waals surface area contributed by atoms with Crippen LogP contribution < -0.4 is 20.1 Å². The van der Waals surface area contributed by atoms with E-state index in [-0.39, 0.29) is 90.8 Å². The predicted molar refractivity (Wildman–Crippen MR) is 173 cm³/mol. The Morgan fingerprint density at radius 3 is 2.75 bits per heavy atom. The van der Waals surface area contributed by atoms with Crippen LogP contribution in [0.2, 0.25) is 5.02 Å². The molecule has 15 heteroatoms. The lowest BCUT2D eigenvalue weighted by Gasteiger charge is -2.40. The highest BCUT2D eigenvalue weighted by molar-refractivity contribution is 7.23. The maximum absolute atomic E-state index is 17.1. The van der Waals surface area contributed by atoms with Crippen LogP contribution in [0.15, 0.2) is 12.1 Å². The highest BCUT2D eigenvalue weighted by atomic mass is 35.5. The summed E-state index contributed by atoms with van der Waals surface area (Å²) in [5, 5.41) is 9.85. The molecule has 252 valence electrons. The summed E-state index contributed by atoms with van der Waals surface area (Å²) in [4.78, 5) is 12.6.